The summed E-state index contributed by atoms with van der Waals surface area (Å²) in [7, 11) is 0. The lowest BCUT2D eigenvalue weighted by molar-refractivity contribution is 0.145. The predicted molar refractivity (Wildman–Crippen MR) is 130 cm³/mol. The third-order valence-corrected chi connectivity index (χ3v) is 6.76. The largest absolute Gasteiger partial charge is 0.588 e. The van der Waals surface area contributed by atoms with E-state index in [2.05, 4.69) is 36.4 Å². The van der Waals surface area contributed by atoms with Crippen molar-refractivity contribution < 1.29 is 14.0 Å². The highest BCUT2D eigenvalue weighted by Gasteiger charge is 2.21. The fourth-order valence-electron chi connectivity index (χ4n) is 3.68. The standard InChI is InChI=1S/C25H26FN5O2S/c1-3-23-22(25(29-16-28-23)31-12-10-20(32)11-13-31)9-4-18-14-24(17(2)27-15-18)30-34(33)21-7-5-19(26)6-8-21/h5-8,14-16,20,30,32H,3,10-13H2,1-2H3. The molecule has 2 N–H and O–H groups in total. The van der Waals surface area contributed by atoms with Gasteiger partial charge in [0.1, 0.15) is 35.0 Å². The Morgan fingerprint density at radius 3 is 2.62 bits per heavy atom. The molecule has 0 radical (unpaired) electrons. The van der Waals surface area contributed by atoms with Crippen LogP contribution in [0.15, 0.2) is 47.8 Å². The molecule has 1 unspecified atom stereocenters. The molecule has 0 spiro atoms. The van der Waals surface area contributed by atoms with E-state index in [4.69, 9.17) is 0 Å². The van der Waals surface area contributed by atoms with Gasteiger partial charge in [0.05, 0.1) is 23.1 Å². The third-order valence-electron chi connectivity index (χ3n) is 5.65. The van der Waals surface area contributed by atoms with Crippen LogP contribution >= 0.6 is 0 Å². The molecule has 7 nitrogen and oxygen atoms in total. The first-order valence-electron chi connectivity index (χ1n) is 11.1. The minimum Gasteiger partial charge on any atom is -0.588 e. The average Bonchev–Trinajstić information content (AvgIpc) is 2.85. The highest BCUT2D eigenvalue weighted by molar-refractivity contribution is 7.92. The Labute approximate surface area is 201 Å². The molecule has 3 heterocycles. The Bertz CT molecular complexity index is 1200. The third kappa shape index (κ3) is 5.65. The highest BCUT2D eigenvalue weighted by atomic mass is 32.2. The summed E-state index contributed by atoms with van der Waals surface area (Å²) in [5, 5.41) is 9.85. The Balaban J connectivity index is 1.60. The van der Waals surface area contributed by atoms with Crippen molar-refractivity contribution in [1.29, 1.82) is 0 Å². The van der Waals surface area contributed by atoms with Crippen molar-refractivity contribution in [3.05, 3.63) is 71.2 Å². The number of aromatic nitrogens is 3. The van der Waals surface area contributed by atoms with Crippen LogP contribution in [0.5, 0.6) is 0 Å². The van der Waals surface area contributed by atoms with Crippen molar-refractivity contribution in [2.24, 2.45) is 0 Å². The number of hydrogen-bond acceptors (Lipinski definition) is 7. The maximum Gasteiger partial charge on any atom is 0.180 e. The fraction of sp³-hybridized carbons (Fsp3) is 0.320. The van der Waals surface area contributed by atoms with Gasteiger partial charge in [0, 0.05) is 24.8 Å². The van der Waals surface area contributed by atoms with Gasteiger partial charge in [-0.3, -0.25) is 4.98 Å². The molecule has 1 aliphatic rings. The molecule has 1 aromatic carbocycles. The minimum absolute atomic E-state index is 0.275. The highest BCUT2D eigenvalue weighted by Crippen LogP contribution is 2.24. The summed E-state index contributed by atoms with van der Waals surface area (Å²) in [6.45, 7) is 5.26. The number of pyridine rings is 1. The first kappa shape index (κ1) is 24.0. The van der Waals surface area contributed by atoms with E-state index in [0.717, 1.165) is 17.1 Å². The lowest BCUT2D eigenvalue weighted by atomic mass is 10.1. The van der Waals surface area contributed by atoms with Gasteiger partial charge in [-0.1, -0.05) is 18.8 Å². The van der Waals surface area contributed by atoms with Gasteiger partial charge in [-0.25, -0.2) is 19.1 Å². The van der Waals surface area contributed by atoms with E-state index in [1.54, 1.807) is 18.6 Å². The zero-order chi connectivity index (χ0) is 24.1. The number of aryl methyl sites for hydroxylation is 2. The van der Waals surface area contributed by atoms with Crippen molar-refractivity contribution in [2.45, 2.75) is 44.1 Å². The van der Waals surface area contributed by atoms with Crippen LogP contribution in [0.3, 0.4) is 0 Å². The van der Waals surface area contributed by atoms with Crippen LogP contribution in [-0.4, -0.2) is 43.8 Å². The molecule has 0 aliphatic carbocycles. The molecule has 0 bridgehead atoms. The Morgan fingerprint density at radius 2 is 1.91 bits per heavy atom. The van der Waals surface area contributed by atoms with Gasteiger partial charge in [-0.2, -0.15) is 0 Å². The van der Waals surface area contributed by atoms with Crippen LogP contribution < -0.4 is 9.62 Å². The molecule has 1 saturated heterocycles. The molecular weight excluding hydrogens is 453 g/mol. The molecule has 2 aromatic heterocycles. The Morgan fingerprint density at radius 1 is 1.18 bits per heavy atom. The summed E-state index contributed by atoms with van der Waals surface area (Å²) in [6.07, 6.45) is 5.06. The molecule has 1 atom stereocenters. The number of anilines is 2. The van der Waals surface area contributed by atoms with Gasteiger partial charge in [0.2, 0.25) is 0 Å². The van der Waals surface area contributed by atoms with Crippen molar-refractivity contribution in [1.82, 2.24) is 15.0 Å². The van der Waals surface area contributed by atoms with Crippen molar-refractivity contribution in [3.63, 3.8) is 0 Å². The van der Waals surface area contributed by atoms with E-state index in [-0.39, 0.29) is 11.9 Å². The van der Waals surface area contributed by atoms with Crippen molar-refractivity contribution in [3.8, 4) is 11.8 Å². The van der Waals surface area contributed by atoms with Crippen LogP contribution in [-0.2, 0) is 17.8 Å². The predicted octanol–water partition coefficient (Wildman–Crippen LogP) is 3.38. The van der Waals surface area contributed by atoms with E-state index >= 15 is 0 Å². The number of halogens is 1. The van der Waals surface area contributed by atoms with Gasteiger partial charge in [-0.15, -0.1) is 0 Å². The van der Waals surface area contributed by atoms with Crippen molar-refractivity contribution in [2.75, 3.05) is 22.7 Å². The zero-order valence-electron chi connectivity index (χ0n) is 19.1. The summed E-state index contributed by atoms with van der Waals surface area (Å²) in [5.41, 5.74) is 3.53. The van der Waals surface area contributed by atoms with Crippen LogP contribution in [0.25, 0.3) is 0 Å². The number of aliphatic hydroxyl groups is 1. The second-order valence-electron chi connectivity index (χ2n) is 8.02. The topological polar surface area (TPSA) is 97.2 Å². The van der Waals surface area contributed by atoms with Gasteiger partial charge < -0.3 is 14.6 Å². The first-order valence-corrected chi connectivity index (χ1v) is 12.3. The van der Waals surface area contributed by atoms with E-state index in [1.807, 2.05) is 13.8 Å². The zero-order valence-corrected chi connectivity index (χ0v) is 19.9. The molecule has 34 heavy (non-hydrogen) atoms. The fourth-order valence-corrected chi connectivity index (χ4v) is 4.59. The molecular formula is C25H26FN5O2S. The maximum absolute atomic E-state index is 13.2. The van der Waals surface area contributed by atoms with Gasteiger partial charge >= 0.3 is 0 Å². The second-order valence-corrected chi connectivity index (χ2v) is 9.24. The normalized spacial score (nSPS) is 14.9. The molecule has 1 fully saturated rings. The molecule has 4 rings (SSSR count). The molecule has 3 aromatic rings. The summed E-state index contributed by atoms with van der Waals surface area (Å²) >= 11 is -1.57. The number of nitrogens with zero attached hydrogens (tertiary/aromatic N) is 4. The number of piperidine rings is 1. The number of hydrogen-bond donors (Lipinski definition) is 2. The average molecular weight is 480 g/mol. The number of aliphatic hydroxyl groups excluding tert-OH is 1. The molecule has 1 aliphatic heterocycles. The molecule has 9 heteroatoms. The number of rotatable bonds is 5. The quantitative estimate of drug-likeness (QED) is 0.428. The van der Waals surface area contributed by atoms with Gasteiger partial charge in [-0.05, 0) is 56.5 Å². The Hall–Kier alpha value is -3.19. The summed E-state index contributed by atoms with van der Waals surface area (Å²) in [5.74, 6) is 6.78. The lowest BCUT2D eigenvalue weighted by Gasteiger charge is -2.31. The molecule has 176 valence electrons. The number of nitrogens with one attached hydrogen (secondary N) is 1. The maximum atomic E-state index is 13.2. The van der Waals surface area contributed by atoms with Crippen LogP contribution in [0.1, 0.15) is 42.3 Å². The molecule has 0 saturated carbocycles. The smallest absolute Gasteiger partial charge is 0.180 e. The molecule has 0 amide bonds. The van der Waals surface area contributed by atoms with Crippen LogP contribution in [0.4, 0.5) is 15.9 Å². The summed E-state index contributed by atoms with van der Waals surface area (Å²) in [6, 6.07) is 7.30. The van der Waals surface area contributed by atoms with E-state index in [9.17, 15) is 14.0 Å². The lowest BCUT2D eigenvalue weighted by Crippen LogP contribution is -2.37. The van der Waals surface area contributed by atoms with E-state index < -0.39 is 11.4 Å². The first-order chi connectivity index (χ1) is 16.4. The van der Waals surface area contributed by atoms with Crippen LogP contribution in [0.2, 0.25) is 0 Å². The van der Waals surface area contributed by atoms with Gasteiger partial charge in [0.25, 0.3) is 0 Å². The summed E-state index contributed by atoms with van der Waals surface area (Å²) < 4.78 is 28.8. The second kappa shape index (κ2) is 10.8. The number of benzene rings is 1. The van der Waals surface area contributed by atoms with E-state index in [0.29, 0.717) is 54.2 Å². The monoisotopic (exact) mass is 479 g/mol. The minimum atomic E-state index is -1.57. The van der Waals surface area contributed by atoms with E-state index in [1.165, 1.54) is 24.3 Å². The summed E-state index contributed by atoms with van der Waals surface area (Å²) in [4.78, 5) is 15.9. The SMILES string of the molecule is CCc1ncnc(N2CCC(O)CC2)c1C#Cc1cnc(C)c(N[S+]([O-])c2ccc(F)cc2)c1. The van der Waals surface area contributed by atoms with Crippen molar-refractivity contribution >= 4 is 22.9 Å². The Kier molecular flexibility index (Phi) is 7.63. The van der Waals surface area contributed by atoms with Crippen LogP contribution in [0, 0.1) is 24.6 Å². The van der Waals surface area contributed by atoms with Gasteiger partial charge in [0.15, 0.2) is 4.90 Å².